The SMILES string of the molecule is CCOC(=O)CCc1ccc(-c2cc(C(F)(F)F)cc(S(=O)(=O)N(C)C[C@H]3CO3)c2)cn1.CCOC(=O)CCc1ccc(-c2cc(C(F)(F)F)cc(S(=O)(=O)N(C)C[C@H]3CO3)c2)nc1.CCOC(=O)CCc1cccc(-c2cc(Cl)c(S(=O)(=O)N(C)C[C@H]3CO3)c(Cl)c2)n1.CCOC(=O)CCc1cccc(-c2ccc(S(=O)(=O)N(C)C[C@H]3CO3)cc2Cl)n1. The number of rotatable bonds is 36. The van der Waals surface area contributed by atoms with Gasteiger partial charge in [-0.2, -0.15) is 43.6 Å². The molecule has 0 spiro atoms. The Morgan fingerprint density at radius 2 is 0.789 bits per heavy atom. The third-order valence-electron chi connectivity index (χ3n) is 18.7. The second-order valence-electron chi connectivity index (χ2n) is 28.2. The molecule has 8 heterocycles. The quantitative estimate of drug-likeness (QED) is 0.0152. The summed E-state index contributed by atoms with van der Waals surface area (Å²) in [7, 11) is -10.3. The van der Waals surface area contributed by atoms with Crippen LogP contribution in [-0.4, -0.2) is 226 Å². The number of carbonyl (C=O) groups is 4. The van der Waals surface area contributed by atoms with Crippen LogP contribution in [0.5, 0.6) is 0 Å². The maximum Gasteiger partial charge on any atom is 0.416 e. The van der Waals surface area contributed by atoms with Gasteiger partial charge in [0.05, 0.1) is 154 Å². The lowest BCUT2D eigenvalue weighted by atomic mass is 10.0. The molecule has 28 nitrogen and oxygen atoms in total. The predicted octanol–water partition coefficient (Wildman–Crippen LogP) is 13.1. The van der Waals surface area contributed by atoms with E-state index >= 15 is 0 Å². The van der Waals surface area contributed by atoms with Crippen molar-refractivity contribution in [3.63, 3.8) is 0 Å². The first-order valence-electron chi connectivity index (χ1n) is 38.5. The lowest BCUT2D eigenvalue weighted by molar-refractivity contribution is -0.144. The molecule has 8 aromatic rings. The Balaban J connectivity index is 0.000000186. The number of ether oxygens (including phenoxy) is 8. The van der Waals surface area contributed by atoms with Crippen molar-refractivity contribution in [1.82, 2.24) is 37.2 Å². The van der Waals surface area contributed by atoms with Gasteiger partial charge in [-0.15, -0.1) is 0 Å². The van der Waals surface area contributed by atoms with E-state index in [1.54, 1.807) is 76.2 Å². The zero-order valence-corrected chi connectivity index (χ0v) is 73.5. The van der Waals surface area contributed by atoms with Crippen LogP contribution in [0.4, 0.5) is 26.3 Å². The van der Waals surface area contributed by atoms with Crippen LogP contribution < -0.4 is 0 Å². The van der Waals surface area contributed by atoms with Gasteiger partial charge in [-0.25, -0.2) is 33.7 Å². The Morgan fingerprint density at radius 1 is 0.398 bits per heavy atom. The van der Waals surface area contributed by atoms with E-state index in [0.717, 1.165) is 26.4 Å². The summed E-state index contributed by atoms with van der Waals surface area (Å²) in [5.74, 6) is -1.28. The van der Waals surface area contributed by atoms with Gasteiger partial charge < -0.3 is 37.9 Å². The Labute approximate surface area is 724 Å². The average Bonchev–Trinajstić information content (AvgIpc) is 0.948. The van der Waals surface area contributed by atoms with E-state index in [9.17, 15) is 79.2 Å². The molecule has 0 amide bonds. The van der Waals surface area contributed by atoms with E-state index in [2.05, 4.69) is 19.9 Å². The van der Waals surface area contributed by atoms with Crippen molar-refractivity contribution >= 4 is 98.8 Å². The molecular formula is C82H91Cl3F6N8O20S4. The lowest BCUT2D eigenvalue weighted by Gasteiger charge is -2.18. The Hall–Kier alpha value is -8.71. The van der Waals surface area contributed by atoms with Crippen LogP contribution in [-0.2, 0) is 135 Å². The Kier molecular flexibility index (Phi) is 34.7. The molecule has 0 bridgehead atoms. The maximum atomic E-state index is 13.5. The summed E-state index contributed by atoms with van der Waals surface area (Å²) in [6.45, 7) is 10.8. The number of alkyl halides is 6. The molecule has 12 rings (SSSR count). The first-order chi connectivity index (χ1) is 58.0. The van der Waals surface area contributed by atoms with E-state index in [1.807, 2.05) is 12.1 Å². The first-order valence-corrected chi connectivity index (χ1v) is 45.4. The Bertz CT molecular complexity index is 5330. The number of hydrogen-bond donors (Lipinski definition) is 0. The number of carbonyl (C=O) groups excluding carboxylic acids is 4. The number of epoxide rings is 4. The highest BCUT2D eigenvalue weighted by Gasteiger charge is 2.39. The van der Waals surface area contributed by atoms with Gasteiger partial charge in [-0.1, -0.05) is 59.1 Å². The summed E-state index contributed by atoms with van der Waals surface area (Å²) < 4.78 is 228. The van der Waals surface area contributed by atoms with E-state index in [4.69, 9.17) is 72.7 Å². The molecular weight excluding hydrogens is 1770 g/mol. The minimum atomic E-state index is -4.74. The number of aromatic nitrogens is 4. The van der Waals surface area contributed by atoms with Gasteiger partial charge >= 0.3 is 36.2 Å². The maximum absolute atomic E-state index is 13.5. The van der Waals surface area contributed by atoms with Crippen molar-refractivity contribution in [2.45, 2.75) is 135 Å². The van der Waals surface area contributed by atoms with E-state index in [0.29, 0.717) is 129 Å². The van der Waals surface area contributed by atoms with Crippen LogP contribution in [0.2, 0.25) is 15.1 Å². The lowest BCUT2D eigenvalue weighted by Crippen LogP contribution is -2.31. The van der Waals surface area contributed by atoms with Crippen LogP contribution in [0.15, 0.2) is 159 Å². The van der Waals surface area contributed by atoms with E-state index in [1.165, 1.54) is 91.7 Å². The number of esters is 4. The summed E-state index contributed by atoms with van der Waals surface area (Å²) in [5, 5.41) is 0.316. The van der Waals surface area contributed by atoms with Gasteiger partial charge in [0.1, 0.15) is 4.90 Å². The fourth-order valence-corrected chi connectivity index (χ4v) is 18.3. The third kappa shape index (κ3) is 28.9. The van der Waals surface area contributed by atoms with Gasteiger partial charge in [-0.05, 0) is 148 Å². The van der Waals surface area contributed by atoms with Crippen molar-refractivity contribution < 1.29 is 117 Å². The van der Waals surface area contributed by atoms with Crippen LogP contribution in [0.25, 0.3) is 44.9 Å². The predicted molar refractivity (Wildman–Crippen MR) is 442 cm³/mol. The van der Waals surface area contributed by atoms with Crippen molar-refractivity contribution in [2.75, 3.05) is 107 Å². The summed E-state index contributed by atoms with van der Waals surface area (Å²) in [4.78, 5) is 62.5. The van der Waals surface area contributed by atoms with Crippen LogP contribution in [0, 0.1) is 0 Å². The number of nitrogens with zero attached hydrogens (tertiary/aromatic N) is 8. The van der Waals surface area contributed by atoms with E-state index < -0.39 is 73.4 Å². The number of aryl methyl sites for hydroxylation is 4. The number of hydrogen-bond acceptors (Lipinski definition) is 24. The van der Waals surface area contributed by atoms with Crippen molar-refractivity contribution in [1.29, 1.82) is 0 Å². The minimum Gasteiger partial charge on any atom is -0.466 e. The van der Waals surface area contributed by atoms with Gasteiger partial charge in [0, 0.05) is 132 Å². The average molecular weight is 1860 g/mol. The second-order valence-corrected chi connectivity index (χ2v) is 37.5. The highest BCUT2D eigenvalue weighted by molar-refractivity contribution is 7.90. The molecule has 4 aliphatic heterocycles. The van der Waals surface area contributed by atoms with Gasteiger partial charge in [0.25, 0.3) is 0 Å². The standard InChI is InChI=1S/2C21H23F3N2O5S.C20H22Cl2N2O5S.C20H23ClN2O5S/c1-3-30-20(27)7-5-14-4-6-19(25-11-14)15-8-16(21(22,23)24)10-18(9-15)32(28,29)26(2)12-17-13-31-17;1-3-30-20(27)7-6-17-5-4-14(11-25-17)15-8-16(21(22,23)24)10-19(9-15)32(28,29)26(2)12-18-13-31-18;1-3-28-19(25)8-7-14-5-4-6-18(23-14)13-9-16(21)20(17(22)10-13)30(26,27)24(2)11-15-12-29-15;1-3-27-20(24)10-7-14-5-4-6-19(22-14)17-9-8-16(11-18(17)21)29(25,26)23(2)12-15-13-28-15/h4,6,8-11,17H,3,5,7,12-13H2,1-2H3;4-5,8-11,18H,3,6-7,12-13H2,1-2H3;4-6,9-10,15H,3,7-8,11-12H2,1-2H3;4-6,8-9,11,15H,3,7,10,12-13H2,1-2H3/t17-;18-;2*15-/m0000/s1. The number of likely N-dealkylation sites (N-methyl/N-ethyl adjacent to an activating group) is 4. The largest absolute Gasteiger partial charge is 0.466 e. The molecule has 4 atom stereocenters. The fourth-order valence-electron chi connectivity index (χ4n) is 11.8. The molecule has 0 unspecified atom stereocenters. The molecule has 0 radical (unpaired) electrons. The summed E-state index contributed by atoms with van der Waals surface area (Å²) in [6, 6.07) is 30.1. The molecule has 666 valence electrons. The molecule has 4 fully saturated rings. The smallest absolute Gasteiger partial charge is 0.416 e. The Morgan fingerprint density at radius 3 is 1.19 bits per heavy atom. The van der Waals surface area contributed by atoms with Crippen molar-refractivity contribution in [2.24, 2.45) is 0 Å². The molecule has 123 heavy (non-hydrogen) atoms. The molecule has 0 aliphatic carbocycles. The molecule has 4 aliphatic rings. The third-order valence-corrected chi connectivity index (χ3v) is 27.2. The summed E-state index contributed by atoms with van der Waals surface area (Å²) in [5.41, 5.74) is 3.51. The van der Waals surface area contributed by atoms with Gasteiger partial charge in [-0.3, -0.25) is 39.1 Å². The number of benzene rings is 4. The molecule has 41 heteroatoms. The summed E-state index contributed by atoms with van der Waals surface area (Å²) >= 11 is 19.1. The van der Waals surface area contributed by atoms with Gasteiger partial charge in [0.2, 0.25) is 40.1 Å². The normalized spacial score (nSPS) is 16.1. The van der Waals surface area contributed by atoms with Gasteiger partial charge in [0.15, 0.2) is 0 Å². The molecule has 4 aromatic carbocycles. The van der Waals surface area contributed by atoms with E-state index in [-0.39, 0.29) is 149 Å². The van der Waals surface area contributed by atoms with Crippen LogP contribution >= 0.6 is 34.8 Å². The molecule has 0 N–H and O–H groups in total. The van der Waals surface area contributed by atoms with Crippen LogP contribution in [0.1, 0.15) is 87.2 Å². The molecule has 4 saturated heterocycles. The minimum absolute atomic E-state index is 0.0137. The first kappa shape index (κ1) is 98.1. The molecule has 4 aromatic heterocycles. The highest BCUT2D eigenvalue weighted by atomic mass is 35.5. The van der Waals surface area contributed by atoms with Crippen LogP contribution in [0.3, 0.4) is 0 Å². The summed E-state index contributed by atoms with van der Waals surface area (Å²) in [6.07, 6.45) is -4.99. The number of pyridine rings is 4. The molecule has 0 saturated carbocycles. The zero-order valence-electron chi connectivity index (χ0n) is 68.0. The second kappa shape index (κ2) is 43.5. The van der Waals surface area contributed by atoms with Crippen molar-refractivity contribution in [3.05, 3.63) is 189 Å². The van der Waals surface area contributed by atoms with Crippen molar-refractivity contribution in [3.8, 4) is 44.9 Å². The highest BCUT2D eigenvalue weighted by Crippen LogP contribution is 2.40. The fraction of sp³-hybridized carbons (Fsp3) is 0.415. The number of halogens is 9. The zero-order chi connectivity index (χ0) is 89.9. The monoisotopic (exact) mass is 1850 g/mol. The number of sulfonamides is 4. The topological polar surface area (TPSA) is 356 Å².